The topological polar surface area (TPSA) is 29.9 Å². The van der Waals surface area contributed by atoms with E-state index < -0.39 is 0 Å². The minimum Gasteiger partial charge on any atom is -0.305 e. The van der Waals surface area contributed by atoms with Crippen molar-refractivity contribution >= 4 is 0 Å². The zero-order valence-electron chi connectivity index (χ0n) is 10.6. The van der Waals surface area contributed by atoms with Crippen molar-refractivity contribution in [2.24, 2.45) is 7.05 Å². The Labute approximate surface area is 102 Å². The lowest BCUT2D eigenvalue weighted by atomic mass is 10.1. The number of aryl methyl sites for hydroxylation is 2. The summed E-state index contributed by atoms with van der Waals surface area (Å²) in [6.45, 7) is 5.11. The largest absolute Gasteiger partial charge is 0.305 e. The molecule has 0 fully saturated rings. The Morgan fingerprint density at radius 2 is 1.94 bits per heavy atom. The van der Waals surface area contributed by atoms with E-state index in [1.165, 1.54) is 11.1 Å². The first-order valence-electron chi connectivity index (χ1n) is 5.93. The van der Waals surface area contributed by atoms with Gasteiger partial charge in [0.05, 0.1) is 5.69 Å². The number of aromatic nitrogens is 2. The van der Waals surface area contributed by atoms with E-state index in [0.29, 0.717) is 0 Å². The molecule has 2 aromatic rings. The second-order valence-corrected chi connectivity index (χ2v) is 4.50. The van der Waals surface area contributed by atoms with Gasteiger partial charge in [-0.05, 0) is 25.5 Å². The third kappa shape index (κ3) is 3.17. The molecule has 17 heavy (non-hydrogen) atoms. The molecule has 0 radical (unpaired) electrons. The molecule has 1 heterocycles. The molecule has 0 amide bonds. The minimum atomic E-state index is 0.275. The predicted octanol–water partition coefficient (Wildman–Crippen LogP) is 2.58. The van der Waals surface area contributed by atoms with Crippen LogP contribution in [0.1, 0.15) is 29.8 Å². The summed E-state index contributed by atoms with van der Waals surface area (Å²) in [5.41, 5.74) is 3.68. The second-order valence-electron chi connectivity index (χ2n) is 4.50. The van der Waals surface area contributed by atoms with E-state index in [-0.39, 0.29) is 6.04 Å². The Morgan fingerprint density at radius 1 is 1.24 bits per heavy atom. The van der Waals surface area contributed by atoms with E-state index in [1.54, 1.807) is 0 Å². The lowest BCUT2D eigenvalue weighted by Crippen LogP contribution is -2.18. The highest BCUT2D eigenvalue weighted by Crippen LogP contribution is 2.10. The first-order valence-corrected chi connectivity index (χ1v) is 5.93. The molecule has 0 aliphatic heterocycles. The maximum Gasteiger partial charge on any atom is 0.0791 e. The number of hydrogen-bond donors (Lipinski definition) is 1. The summed E-state index contributed by atoms with van der Waals surface area (Å²) in [7, 11) is 1.94. The summed E-state index contributed by atoms with van der Waals surface area (Å²) in [5, 5.41) is 7.86. The number of hydrogen-bond acceptors (Lipinski definition) is 2. The van der Waals surface area contributed by atoms with E-state index in [2.05, 4.69) is 48.5 Å². The molecule has 0 aliphatic rings. The van der Waals surface area contributed by atoms with Gasteiger partial charge in [-0.25, -0.2) is 0 Å². The molecular formula is C14H19N3. The van der Waals surface area contributed by atoms with Gasteiger partial charge in [0.2, 0.25) is 0 Å². The molecule has 0 bridgehead atoms. The van der Waals surface area contributed by atoms with Gasteiger partial charge in [-0.1, -0.05) is 29.8 Å². The van der Waals surface area contributed by atoms with E-state index in [4.69, 9.17) is 0 Å². The summed E-state index contributed by atoms with van der Waals surface area (Å²) in [6, 6.07) is 10.9. The van der Waals surface area contributed by atoms with E-state index in [1.807, 2.05) is 24.0 Å². The molecule has 0 spiro atoms. The molecule has 1 N–H and O–H groups in total. The first-order chi connectivity index (χ1) is 8.15. The predicted molar refractivity (Wildman–Crippen MR) is 69.6 cm³/mol. The highest BCUT2D eigenvalue weighted by molar-refractivity contribution is 5.21. The number of benzene rings is 1. The summed E-state index contributed by atoms with van der Waals surface area (Å²) >= 11 is 0. The molecule has 1 atom stereocenters. The second kappa shape index (κ2) is 5.15. The molecule has 0 saturated heterocycles. The molecule has 0 aliphatic carbocycles. The van der Waals surface area contributed by atoms with Crippen LogP contribution in [0.5, 0.6) is 0 Å². The van der Waals surface area contributed by atoms with Gasteiger partial charge in [-0.15, -0.1) is 0 Å². The van der Waals surface area contributed by atoms with Gasteiger partial charge in [0.25, 0.3) is 0 Å². The Kier molecular flexibility index (Phi) is 3.59. The molecule has 2 rings (SSSR count). The van der Waals surface area contributed by atoms with Crippen LogP contribution in [0.4, 0.5) is 0 Å². The van der Waals surface area contributed by atoms with Crippen LogP contribution in [-0.4, -0.2) is 9.78 Å². The third-order valence-electron chi connectivity index (χ3n) is 2.91. The van der Waals surface area contributed by atoms with Crippen LogP contribution < -0.4 is 5.32 Å². The Hall–Kier alpha value is -1.61. The van der Waals surface area contributed by atoms with E-state index in [0.717, 1.165) is 12.2 Å². The minimum absolute atomic E-state index is 0.275. The fraction of sp³-hybridized carbons (Fsp3) is 0.357. The van der Waals surface area contributed by atoms with Crippen molar-refractivity contribution in [3.05, 3.63) is 53.3 Å². The molecule has 3 nitrogen and oxygen atoms in total. The average molecular weight is 229 g/mol. The van der Waals surface area contributed by atoms with Gasteiger partial charge in [0.15, 0.2) is 0 Å². The zero-order chi connectivity index (χ0) is 12.3. The van der Waals surface area contributed by atoms with Crippen molar-refractivity contribution < 1.29 is 0 Å². The summed E-state index contributed by atoms with van der Waals surface area (Å²) < 4.78 is 1.83. The Morgan fingerprint density at radius 3 is 2.53 bits per heavy atom. The quantitative estimate of drug-likeness (QED) is 0.873. The van der Waals surface area contributed by atoms with Crippen molar-refractivity contribution in [1.82, 2.24) is 15.1 Å². The number of rotatable bonds is 4. The zero-order valence-corrected chi connectivity index (χ0v) is 10.6. The van der Waals surface area contributed by atoms with Crippen LogP contribution >= 0.6 is 0 Å². The maximum atomic E-state index is 4.39. The van der Waals surface area contributed by atoms with Crippen LogP contribution in [0.15, 0.2) is 36.5 Å². The third-order valence-corrected chi connectivity index (χ3v) is 2.91. The van der Waals surface area contributed by atoms with Gasteiger partial charge < -0.3 is 5.32 Å². The standard InChI is InChI=1S/C14H19N3/c1-11-4-6-13(7-5-11)10-15-12(2)14-8-9-17(3)16-14/h4-9,12,15H,10H2,1-3H3. The maximum absolute atomic E-state index is 4.39. The summed E-state index contributed by atoms with van der Waals surface area (Å²) in [5.74, 6) is 0. The van der Waals surface area contributed by atoms with Gasteiger partial charge in [0, 0.05) is 25.8 Å². The van der Waals surface area contributed by atoms with E-state index >= 15 is 0 Å². The molecule has 0 saturated carbocycles. The van der Waals surface area contributed by atoms with Crippen molar-refractivity contribution in [2.45, 2.75) is 26.4 Å². The SMILES string of the molecule is Cc1ccc(CNC(C)c2ccn(C)n2)cc1. The van der Waals surface area contributed by atoms with Crippen LogP contribution in [0.2, 0.25) is 0 Å². The lowest BCUT2D eigenvalue weighted by Gasteiger charge is -2.11. The first kappa shape index (κ1) is 11.9. The molecule has 1 aromatic carbocycles. The number of nitrogens with one attached hydrogen (secondary N) is 1. The molecular weight excluding hydrogens is 210 g/mol. The molecule has 1 aromatic heterocycles. The monoisotopic (exact) mass is 229 g/mol. The van der Waals surface area contributed by atoms with Crippen LogP contribution in [-0.2, 0) is 13.6 Å². The number of nitrogens with zero attached hydrogens (tertiary/aromatic N) is 2. The fourth-order valence-electron chi connectivity index (χ4n) is 1.75. The average Bonchev–Trinajstić information content (AvgIpc) is 2.75. The van der Waals surface area contributed by atoms with Gasteiger partial charge in [-0.3, -0.25) is 4.68 Å². The fourth-order valence-corrected chi connectivity index (χ4v) is 1.75. The van der Waals surface area contributed by atoms with Crippen molar-refractivity contribution in [3.8, 4) is 0 Å². The van der Waals surface area contributed by atoms with Crippen molar-refractivity contribution in [3.63, 3.8) is 0 Å². The Balaban J connectivity index is 1.92. The Bertz CT molecular complexity index is 470. The molecule has 90 valence electrons. The van der Waals surface area contributed by atoms with E-state index in [9.17, 15) is 0 Å². The van der Waals surface area contributed by atoms with Crippen LogP contribution in [0, 0.1) is 6.92 Å². The van der Waals surface area contributed by atoms with Gasteiger partial charge >= 0.3 is 0 Å². The molecule has 3 heteroatoms. The lowest BCUT2D eigenvalue weighted by molar-refractivity contribution is 0.551. The van der Waals surface area contributed by atoms with Crippen molar-refractivity contribution in [1.29, 1.82) is 0 Å². The normalized spacial score (nSPS) is 12.6. The van der Waals surface area contributed by atoms with Gasteiger partial charge in [-0.2, -0.15) is 5.10 Å². The highest BCUT2D eigenvalue weighted by atomic mass is 15.3. The molecule has 1 unspecified atom stereocenters. The van der Waals surface area contributed by atoms with Gasteiger partial charge in [0.1, 0.15) is 0 Å². The summed E-state index contributed by atoms with van der Waals surface area (Å²) in [4.78, 5) is 0. The van der Waals surface area contributed by atoms with Crippen LogP contribution in [0.25, 0.3) is 0 Å². The van der Waals surface area contributed by atoms with Crippen LogP contribution in [0.3, 0.4) is 0 Å². The smallest absolute Gasteiger partial charge is 0.0791 e. The van der Waals surface area contributed by atoms with Crippen molar-refractivity contribution in [2.75, 3.05) is 0 Å². The highest BCUT2D eigenvalue weighted by Gasteiger charge is 2.07. The summed E-state index contributed by atoms with van der Waals surface area (Å²) in [6.07, 6.45) is 1.97.